The molecule has 0 aliphatic rings. The Labute approximate surface area is 36.2 Å². The molecule has 0 fully saturated rings. The number of hydrogen-bond acceptors (Lipinski definition) is 1. The number of hydrogen-bond donors (Lipinski definition) is 0. The second-order valence-corrected chi connectivity index (χ2v) is 0.777. The molecule has 1 nitrogen and oxygen atoms in total. The maximum atomic E-state index is 10.3. The molecule has 0 radical (unpaired) electrons. The van der Waals surface area contributed by atoms with Gasteiger partial charge in [0.2, 0.25) is 0 Å². The van der Waals surface area contributed by atoms with Crippen molar-refractivity contribution < 1.29 is 8.91 Å². The largest absolute Gasteiger partial charge is 0.300 e. The quantitative estimate of drug-likeness (QED) is 0.454. The van der Waals surface area contributed by atoms with Crippen LogP contribution in [0.2, 0.25) is 0 Å². The fourth-order valence-electron chi connectivity index (χ4n) is 0. The van der Waals surface area contributed by atoms with E-state index in [0.29, 0.717) is 0 Å². The van der Waals surface area contributed by atoms with Crippen LogP contribution < -0.4 is 0 Å². The van der Waals surface area contributed by atoms with Gasteiger partial charge >= 0.3 is 0 Å². The molecule has 0 rings (SSSR count). The minimum absolute atomic E-state index is 0.0938. The van der Waals surface area contributed by atoms with E-state index in [9.17, 15) is 4.79 Å². The maximum absolute atomic E-state index is 10.3. The SMILES string of the molecule is [2H]C([2H])([2H])C(=O)CC. The maximum Gasteiger partial charge on any atom is 0.129 e. The van der Waals surface area contributed by atoms with Crippen LogP contribution >= 0.6 is 0 Å². The van der Waals surface area contributed by atoms with Crippen molar-refractivity contribution in [2.75, 3.05) is 0 Å². The van der Waals surface area contributed by atoms with E-state index in [-0.39, 0.29) is 6.42 Å². The predicted molar refractivity (Wildman–Crippen MR) is 21.0 cm³/mol. The van der Waals surface area contributed by atoms with Crippen LogP contribution in [0.1, 0.15) is 24.3 Å². The summed E-state index contributed by atoms with van der Waals surface area (Å²) in [5, 5.41) is 0. The van der Waals surface area contributed by atoms with Crippen LogP contribution in [0, 0.1) is 0 Å². The Morgan fingerprint density at radius 1 is 2.20 bits per heavy atom. The summed E-state index contributed by atoms with van der Waals surface area (Å²) in [5.41, 5.74) is 0. The summed E-state index contributed by atoms with van der Waals surface area (Å²) in [6.07, 6.45) is 0.0938. The van der Waals surface area contributed by atoms with Gasteiger partial charge in [0.1, 0.15) is 5.78 Å². The summed E-state index contributed by atoms with van der Waals surface area (Å²) in [6.45, 7) is -0.844. The number of carbonyl (C=O) groups is 1. The van der Waals surface area contributed by atoms with E-state index in [2.05, 4.69) is 0 Å². The van der Waals surface area contributed by atoms with E-state index >= 15 is 0 Å². The Balaban J connectivity index is 3.82. The van der Waals surface area contributed by atoms with Gasteiger partial charge in [-0.25, -0.2) is 0 Å². The Morgan fingerprint density at radius 3 is 2.80 bits per heavy atom. The number of carbonyl (C=O) groups excluding carboxylic acids is 1. The predicted octanol–water partition coefficient (Wildman–Crippen LogP) is 0.985. The molecule has 1 heteroatoms. The summed E-state index contributed by atoms with van der Waals surface area (Å²) in [4.78, 5) is 10.3. The molecule has 0 aliphatic heterocycles. The van der Waals surface area contributed by atoms with E-state index in [1.807, 2.05) is 0 Å². The molecule has 0 saturated carbocycles. The van der Waals surface area contributed by atoms with E-state index in [1.54, 1.807) is 0 Å². The molecule has 0 unspecified atom stereocenters. The first kappa shape index (κ1) is 1.41. The van der Waals surface area contributed by atoms with Crippen molar-refractivity contribution in [3.05, 3.63) is 0 Å². The number of Topliss-reactive ketones (excluding diaryl/α,β-unsaturated/α-hetero) is 1. The van der Waals surface area contributed by atoms with Gasteiger partial charge in [-0.3, -0.25) is 0 Å². The van der Waals surface area contributed by atoms with Gasteiger partial charge in [0.25, 0.3) is 0 Å². The lowest BCUT2D eigenvalue weighted by atomic mass is 10.4. The van der Waals surface area contributed by atoms with E-state index in [4.69, 9.17) is 4.11 Å². The third-order valence-corrected chi connectivity index (χ3v) is 0.321. The molecule has 0 aromatic rings. The molecule has 0 aromatic heterocycles. The van der Waals surface area contributed by atoms with Gasteiger partial charge in [-0.15, -0.1) is 0 Å². The first-order valence-electron chi connectivity index (χ1n) is 3.01. The fraction of sp³-hybridized carbons (Fsp3) is 0.750. The Hall–Kier alpha value is -0.330. The van der Waals surface area contributed by atoms with Gasteiger partial charge in [0.05, 0.1) is 0 Å². The van der Waals surface area contributed by atoms with Crippen molar-refractivity contribution in [1.82, 2.24) is 0 Å². The highest BCUT2D eigenvalue weighted by Crippen LogP contribution is 1.71. The van der Waals surface area contributed by atoms with Crippen LogP contribution in [0.4, 0.5) is 0 Å². The fourth-order valence-corrected chi connectivity index (χ4v) is 0. The van der Waals surface area contributed by atoms with Gasteiger partial charge in [0.15, 0.2) is 0 Å². The van der Waals surface area contributed by atoms with Crippen LogP contribution in [0.25, 0.3) is 0 Å². The topological polar surface area (TPSA) is 17.1 Å². The molecule has 0 atom stereocenters. The first-order valence-corrected chi connectivity index (χ1v) is 1.51. The molecule has 0 N–H and O–H groups in total. The van der Waals surface area contributed by atoms with Crippen molar-refractivity contribution in [2.45, 2.75) is 20.2 Å². The first-order chi connectivity index (χ1) is 3.48. The third kappa shape index (κ3) is 3.67. The second-order valence-electron chi connectivity index (χ2n) is 0.777. The molecule has 5 heavy (non-hydrogen) atoms. The van der Waals surface area contributed by atoms with Crippen LogP contribution in [-0.4, -0.2) is 5.78 Å². The Kier molecular flexibility index (Phi) is 0.549. The summed E-state index contributed by atoms with van der Waals surface area (Å²) in [5.74, 6) is -0.669. The Bertz CT molecular complexity index is 93.9. The molecule has 0 aliphatic carbocycles. The highest BCUT2D eigenvalue weighted by atomic mass is 16.1. The monoisotopic (exact) mass is 75.1 g/mol. The minimum Gasteiger partial charge on any atom is -0.300 e. The molecular weight excluding hydrogens is 64.0 g/mol. The zero-order chi connectivity index (χ0) is 6.78. The number of ketones is 1. The highest BCUT2D eigenvalue weighted by molar-refractivity contribution is 5.74. The zero-order valence-electron chi connectivity index (χ0n) is 6.12. The third-order valence-electron chi connectivity index (χ3n) is 0.321. The minimum atomic E-state index is -2.38. The van der Waals surface area contributed by atoms with Gasteiger partial charge < -0.3 is 4.79 Å². The van der Waals surface area contributed by atoms with Gasteiger partial charge in [-0.2, -0.15) is 0 Å². The molecule has 30 valence electrons. The van der Waals surface area contributed by atoms with Crippen molar-refractivity contribution in [1.29, 1.82) is 0 Å². The summed E-state index contributed by atoms with van der Waals surface area (Å²) in [7, 11) is 0. The molecule has 0 aromatic carbocycles. The van der Waals surface area contributed by atoms with Gasteiger partial charge in [0, 0.05) is 10.5 Å². The van der Waals surface area contributed by atoms with Gasteiger partial charge in [-0.05, 0) is 6.85 Å². The lowest BCUT2D eigenvalue weighted by molar-refractivity contribution is -0.116. The van der Waals surface area contributed by atoms with Crippen molar-refractivity contribution in [2.24, 2.45) is 0 Å². The summed E-state index contributed by atoms with van der Waals surface area (Å²) in [6, 6.07) is 0. The second kappa shape index (κ2) is 1.94. The van der Waals surface area contributed by atoms with Crippen LogP contribution in [-0.2, 0) is 4.79 Å². The molecular formula is C4H8O. The average molecular weight is 75.1 g/mol. The molecule has 0 spiro atoms. The highest BCUT2D eigenvalue weighted by Gasteiger charge is 1.76. The summed E-state index contributed by atoms with van der Waals surface area (Å²) >= 11 is 0. The van der Waals surface area contributed by atoms with E-state index in [0.717, 1.165) is 0 Å². The smallest absolute Gasteiger partial charge is 0.129 e. The number of rotatable bonds is 1. The van der Waals surface area contributed by atoms with Crippen LogP contribution in [0.15, 0.2) is 0 Å². The van der Waals surface area contributed by atoms with E-state index < -0.39 is 12.6 Å². The lowest BCUT2D eigenvalue weighted by Gasteiger charge is -1.71. The van der Waals surface area contributed by atoms with Crippen molar-refractivity contribution >= 4 is 5.78 Å². The van der Waals surface area contributed by atoms with Crippen molar-refractivity contribution in [3.63, 3.8) is 0 Å². The lowest BCUT2D eigenvalue weighted by Crippen LogP contribution is -1.80. The van der Waals surface area contributed by atoms with Crippen molar-refractivity contribution in [3.8, 4) is 0 Å². The van der Waals surface area contributed by atoms with Crippen LogP contribution in [0.5, 0.6) is 0 Å². The molecule has 0 saturated heterocycles. The normalized spacial score (nSPS) is 19.0. The molecule has 0 amide bonds. The standard InChI is InChI=1S/C4H8O/c1-3-4(2)5/h3H2,1-2H3/i2D3. The Morgan fingerprint density at radius 2 is 2.80 bits per heavy atom. The molecule has 0 heterocycles. The summed E-state index contributed by atoms with van der Waals surface area (Å²) < 4.78 is 19.6. The van der Waals surface area contributed by atoms with E-state index in [1.165, 1.54) is 6.92 Å². The average Bonchev–Trinajstić information content (AvgIpc) is 1.62. The van der Waals surface area contributed by atoms with Crippen LogP contribution in [0.3, 0.4) is 0 Å². The van der Waals surface area contributed by atoms with Gasteiger partial charge in [-0.1, -0.05) is 6.92 Å². The molecule has 0 bridgehead atoms. The zero-order valence-corrected chi connectivity index (χ0v) is 3.12.